The average Bonchev–Trinajstić information content (AvgIpc) is 2.29. The second-order valence-electron chi connectivity index (χ2n) is 4.92. The third-order valence-corrected chi connectivity index (χ3v) is 3.19. The lowest BCUT2D eigenvalue weighted by molar-refractivity contribution is -0.137. The lowest BCUT2D eigenvalue weighted by atomic mass is 10.3. The van der Waals surface area contributed by atoms with Crippen molar-refractivity contribution in [1.82, 2.24) is 14.7 Å². The maximum Gasteiger partial charge on any atom is 0.303 e. The summed E-state index contributed by atoms with van der Waals surface area (Å²) < 4.78 is 0. The van der Waals surface area contributed by atoms with Crippen LogP contribution in [0.1, 0.15) is 12.8 Å². The summed E-state index contributed by atoms with van der Waals surface area (Å²) >= 11 is 0. The van der Waals surface area contributed by atoms with E-state index in [4.69, 9.17) is 5.11 Å². The van der Waals surface area contributed by atoms with Crippen LogP contribution in [-0.2, 0) is 9.59 Å². The van der Waals surface area contributed by atoms with Crippen molar-refractivity contribution in [2.75, 3.05) is 53.4 Å². The number of carbonyl (C=O) groups is 2. The van der Waals surface area contributed by atoms with Crippen LogP contribution in [0.3, 0.4) is 0 Å². The molecular formula is C12H23N3O3. The van der Waals surface area contributed by atoms with E-state index in [0.29, 0.717) is 19.5 Å². The quantitative estimate of drug-likeness (QED) is 0.699. The summed E-state index contributed by atoms with van der Waals surface area (Å²) in [6.45, 7) is 4.45. The number of likely N-dealkylation sites (N-methyl/N-ethyl adjacent to an activating group) is 2. The number of nitrogens with zero attached hydrogens (tertiary/aromatic N) is 3. The monoisotopic (exact) mass is 257 g/mol. The van der Waals surface area contributed by atoms with Crippen LogP contribution in [0, 0.1) is 0 Å². The van der Waals surface area contributed by atoms with E-state index < -0.39 is 5.97 Å². The highest BCUT2D eigenvalue weighted by Crippen LogP contribution is 2.01. The van der Waals surface area contributed by atoms with Gasteiger partial charge in [0.1, 0.15) is 0 Å². The molecular weight excluding hydrogens is 234 g/mol. The fourth-order valence-corrected chi connectivity index (χ4v) is 1.97. The van der Waals surface area contributed by atoms with Crippen molar-refractivity contribution >= 4 is 11.9 Å². The molecule has 1 heterocycles. The number of carboxylic acid groups (broad SMARTS) is 1. The number of carboxylic acids is 1. The minimum Gasteiger partial charge on any atom is -0.481 e. The van der Waals surface area contributed by atoms with Gasteiger partial charge in [0.15, 0.2) is 0 Å². The molecule has 1 fully saturated rings. The van der Waals surface area contributed by atoms with Gasteiger partial charge in [-0.1, -0.05) is 0 Å². The molecule has 0 spiro atoms. The summed E-state index contributed by atoms with van der Waals surface area (Å²) in [4.78, 5) is 28.3. The van der Waals surface area contributed by atoms with E-state index in [9.17, 15) is 9.59 Å². The number of aliphatic carboxylic acids is 1. The Morgan fingerprint density at radius 2 is 1.83 bits per heavy atom. The zero-order valence-corrected chi connectivity index (χ0v) is 11.3. The van der Waals surface area contributed by atoms with E-state index in [0.717, 1.165) is 26.2 Å². The van der Waals surface area contributed by atoms with Crippen LogP contribution in [-0.4, -0.2) is 85.0 Å². The van der Waals surface area contributed by atoms with E-state index in [1.165, 1.54) is 0 Å². The number of rotatable bonds is 6. The Hall–Kier alpha value is -1.14. The van der Waals surface area contributed by atoms with Crippen molar-refractivity contribution in [3.8, 4) is 0 Å². The fourth-order valence-electron chi connectivity index (χ4n) is 1.97. The molecule has 6 heteroatoms. The van der Waals surface area contributed by atoms with Crippen molar-refractivity contribution in [3.63, 3.8) is 0 Å². The zero-order valence-electron chi connectivity index (χ0n) is 11.3. The highest BCUT2D eigenvalue weighted by molar-refractivity contribution is 5.78. The molecule has 0 aromatic rings. The van der Waals surface area contributed by atoms with Gasteiger partial charge < -0.3 is 14.9 Å². The first-order chi connectivity index (χ1) is 8.49. The average molecular weight is 257 g/mol. The van der Waals surface area contributed by atoms with Gasteiger partial charge in [-0.2, -0.15) is 0 Å². The Bertz CT molecular complexity index is 288. The normalized spacial score (nSPS) is 17.2. The first-order valence-electron chi connectivity index (χ1n) is 6.35. The van der Waals surface area contributed by atoms with E-state index >= 15 is 0 Å². The molecule has 104 valence electrons. The van der Waals surface area contributed by atoms with Crippen molar-refractivity contribution in [2.45, 2.75) is 12.8 Å². The maximum atomic E-state index is 12.0. The van der Waals surface area contributed by atoms with Gasteiger partial charge in [0.2, 0.25) is 5.91 Å². The number of carbonyl (C=O) groups excluding carboxylic acids is 1. The Balaban J connectivity index is 2.20. The number of hydrogen-bond acceptors (Lipinski definition) is 4. The van der Waals surface area contributed by atoms with Crippen molar-refractivity contribution in [2.24, 2.45) is 0 Å². The molecule has 0 aliphatic carbocycles. The predicted octanol–water partition coefficient (Wildman–Crippen LogP) is -0.443. The highest BCUT2D eigenvalue weighted by Gasteiger charge is 2.19. The van der Waals surface area contributed by atoms with Gasteiger partial charge in [-0.3, -0.25) is 14.5 Å². The Labute approximate surface area is 108 Å². The van der Waals surface area contributed by atoms with Crippen LogP contribution in [0.4, 0.5) is 0 Å². The fraction of sp³-hybridized carbons (Fsp3) is 0.833. The lowest BCUT2D eigenvalue weighted by Gasteiger charge is -2.33. The van der Waals surface area contributed by atoms with Crippen molar-refractivity contribution in [3.05, 3.63) is 0 Å². The van der Waals surface area contributed by atoms with E-state index in [2.05, 4.69) is 11.9 Å². The molecule has 1 saturated heterocycles. The zero-order chi connectivity index (χ0) is 13.5. The van der Waals surface area contributed by atoms with Gasteiger partial charge in [-0.25, -0.2) is 0 Å². The van der Waals surface area contributed by atoms with Gasteiger partial charge >= 0.3 is 5.97 Å². The molecule has 1 amide bonds. The summed E-state index contributed by atoms with van der Waals surface area (Å²) in [5.74, 6) is -0.644. The maximum absolute atomic E-state index is 12.0. The smallest absolute Gasteiger partial charge is 0.303 e. The van der Waals surface area contributed by atoms with Gasteiger partial charge in [0.25, 0.3) is 0 Å². The molecule has 0 aromatic carbocycles. The second-order valence-corrected chi connectivity index (χ2v) is 4.92. The summed E-state index contributed by atoms with van der Waals surface area (Å²) in [6.07, 6.45) is 0.745. The van der Waals surface area contributed by atoms with Crippen LogP contribution in [0.5, 0.6) is 0 Å². The number of piperazine rings is 1. The summed E-state index contributed by atoms with van der Waals surface area (Å²) in [5.41, 5.74) is 0. The van der Waals surface area contributed by atoms with Gasteiger partial charge in [0, 0.05) is 32.6 Å². The third-order valence-electron chi connectivity index (χ3n) is 3.19. The molecule has 1 rings (SSSR count). The topological polar surface area (TPSA) is 64.1 Å². The van der Waals surface area contributed by atoms with Crippen LogP contribution in [0.25, 0.3) is 0 Å². The van der Waals surface area contributed by atoms with Crippen molar-refractivity contribution < 1.29 is 14.7 Å². The third kappa shape index (κ3) is 5.46. The van der Waals surface area contributed by atoms with Crippen LogP contribution >= 0.6 is 0 Å². The Morgan fingerprint density at radius 3 is 2.39 bits per heavy atom. The van der Waals surface area contributed by atoms with Crippen LogP contribution in [0.2, 0.25) is 0 Å². The number of amides is 1. The SMILES string of the molecule is CN1CCN(C(=O)CN(C)CCCC(=O)O)CC1. The van der Waals surface area contributed by atoms with Crippen molar-refractivity contribution in [1.29, 1.82) is 0 Å². The Kier molecular flexibility index (Phi) is 6.07. The number of hydrogen-bond donors (Lipinski definition) is 1. The molecule has 6 nitrogen and oxygen atoms in total. The van der Waals surface area contributed by atoms with Crippen LogP contribution in [0.15, 0.2) is 0 Å². The molecule has 18 heavy (non-hydrogen) atoms. The minimum absolute atomic E-state index is 0.140. The standard InChI is InChI=1S/C12H23N3O3/c1-13-6-8-15(9-7-13)11(16)10-14(2)5-3-4-12(17)18/h3-10H2,1-2H3,(H,17,18). The van der Waals surface area contributed by atoms with Gasteiger partial charge in [0.05, 0.1) is 6.54 Å². The minimum atomic E-state index is -0.784. The predicted molar refractivity (Wildman–Crippen MR) is 68.4 cm³/mol. The molecule has 1 aliphatic heterocycles. The van der Waals surface area contributed by atoms with E-state index in [-0.39, 0.29) is 12.3 Å². The second kappa shape index (κ2) is 7.33. The first kappa shape index (κ1) is 14.9. The molecule has 0 aromatic heterocycles. The molecule has 1 aliphatic rings. The largest absolute Gasteiger partial charge is 0.481 e. The summed E-state index contributed by atoms with van der Waals surface area (Å²) in [6, 6.07) is 0. The van der Waals surface area contributed by atoms with E-state index in [1.807, 2.05) is 16.8 Å². The highest BCUT2D eigenvalue weighted by atomic mass is 16.4. The molecule has 0 bridgehead atoms. The lowest BCUT2D eigenvalue weighted by Crippen LogP contribution is -2.49. The van der Waals surface area contributed by atoms with Gasteiger partial charge in [-0.05, 0) is 27.1 Å². The first-order valence-corrected chi connectivity index (χ1v) is 6.35. The van der Waals surface area contributed by atoms with Gasteiger partial charge in [-0.15, -0.1) is 0 Å². The molecule has 0 radical (unpaired) electrons. The molecule has 0 atom stereocenters. The molecule has 0 saturated carbocycles. The molecule has 1 N–H and O–H groups in total. The summed E-state index contributed by atoms with van der Waals surface area (Å²) in [5, 5.41) is 8.54. The molecule has 0 unspecified atom stereocenters. The van der Waals surface area contributed by atoms with Crippen LogP contribution < -0.4 is 0 Å². The summed E-state index contributed by atoms with van der Waals surface area (Å²) in [7, 11) is 3.91. The Morgan fingerprint density at radius 1 is 1.22 bits per heavy atom. The van der Waals surface area contributed by atoms with E-state index in [1.54, 1.807) is 0 Å².